The first kappa shape index (κ1) is 13.5. The van der Waals surface area contributed by atoms with Crippen LogP contribution in [0.2, 0.25) is 0 Å². The van der Waals surface area contributed by atoms with Crippen LogP contribution in [0.4, 0.5) is 0 Å². The van der Waals surface area contributed by atoms with Crippen molar-refractivity contribution >= 4 is 15.9 Å². The molecule has 1 aromatic rings. The number of primary amides is 1. The molecule has 94 valence electrons. The molecule has 17 heavy (non-hydrogen) atoms. The standard InChI is InChI=1S/C10H14N2O4S/c1-7-5-8(3-4-9(7)16-2)17(14,15)12-6-10(11)13/h3-5,12H,6H2,1-2H3,(H2,11,13). The van der Waals surface area contributed by atoms with Crippen molar-refractivity contribution in [2.45, 2.75) is 11.8 Å². The average molecular weight is 258 g/mol. The van der Waals surface area contributed by atoms with Crippen molar-refractivity contribution in [1.29, 1.82) is 0 Å². The molecule has 0 radical (unpaired) electrons. The van der Waals surface area contributed by atoms with Crippen LogP contribution in [0.3, 0.4) is 0 Å². The number of carbonyl (C=O) groups excluding carboxylic acids is 1. The van der Waals surface area contributed by atoms with Gasteiger partial charge in [0.2, 0.25) is 15.9 Å². The summed E-state index contributed by atoms with van der Waals surface area (Å²) < 4.78 is 30.6. The fourth-order valence-corrected chi connectivity index (χ4v) is 2.35. The number of benzene rings is 1. The van der Waals surface area contributed by atoms with Crippen LogP contribution in [0, 0.1) is 6.92 Å². The highest BCUT2D eigenvalue weighted by Crippen LogP contribution is 2.20. The van der Waals surface area contributed by atoms with Gasteiger partial charge in [0.15, 0.2) is 0 Å². The summed E-state index contributed by atoms with van der Waals surface area (Å²) in [6.45, 7) is 1.30. The highest BCUT2D eigenvalue weighted by Gasteiger charge is 2.15. The Kier molecular flexibility index (Phi) is 4.08. The van der Waals surface area contributed by atoms with Gasteiger partial charge < -0.3 is 10.5 Å². The summed E-state index contributed by atoms with van der Waals surface area (Å²) in [6.07, 6.45) is 0. The average Bonchev–Trinajstić information content (AvgIpc) is 2.26. The Morgan fingerprint density at radius 3 is 2.59 bits per heavy atom. The molecule has 3 N–H and O–H groups in total. The monoisotopic (exact) mass is 258 g/mol. The first-order valence-electron chi connectivity index (χ1n) is 4.79. The number of hydrogen-bond acceptors (Lipinski definition) is 4. The summed E-state index contributed by atoms with van der Waals surface area (Å²) in [5.74, 6) is -0.141. The van der Waals surface area contributed by atoms with Gasteiger partial charge in [-0.1, -0.05) is 0 Å². The van der Waals surface area contributed by atoms with Crippen LogP contribution in [-0.4, -0.2) is 28.0 Å². The summed E-state index contributed by atoms with van der Waals surface area (Å²) in [4.78, 5) is 10.6. The van der Waals surface area contributed by atoms with Crippen molar-refractivity contribution in [2.75, 3.05) is 13.7 Å². The molecule has 0 saturated carbocycles. The van der Waals surface area contributed by atoms with Gasteiger partial charge in [-0.05, 0) is 30.7 Å². The van der Waals surface area contributed by atoms with E-state index in [9.17, 15) is 13.2 Å². The van der Waals surface area contributed by atoms with Crippen LogP contribution >= 0.6 is 0 Å². The molecule has 0 spiro atoms. The lowest BCUT2D eigenvalue weighted by atomic mass is 10.2. The number of nitrogens with one attached hydrogen (secondary N) is 1. The van der Waals surface area contributed by atoms with Crippen LogP contribution in [-0.2, 0) is 14.8 Å². The maximum Gasteiger partial charge on any atom is 0.241 e. The fourth-order valence-electron chi connectivity index (χ4n) is 1.27. The molecule has 0 aliphatic heterocycles. The third kappa shape index (κ3) is 3.43. The second-order valence-corrected chi connectivity index (χ2v) is 5.19. The zero-order valence-corrected chi connectivity index (χ0v) is 10.4. The molecule has 1 amide bonds. The lowest BCUT2D eigenvalue weighted by molar-refractivity contribution is -0.116. The van der Waals surface area contributed by atoms with E-state index in [4.69, 9.17) is 10.5 Å². The molecular formula is C10H14N2O4S. The molecule has 0 aliphatic rings. The van der Waals surface area contributed by atoms with Gasteiger partial charge in [-0.15, -0.1) is 0 Å². The molecule has 7 heteroatoms. The quantitative estimate of drug-likeness (QED) is 0.762. The van der Waals surface area contributed by atoms with Gasteiger partial charge >= 0.3 is 0 Å². The smallest absolute Gasteiger partial charge is 0.241 e. The minimum atomic E-state index is -3.71. The van der Waals surface area contributed by atoms with Gasteiger partial charge in [-0.25, -0.2) is 13.1 Å². The Morgan fingerprint density at radius 1 is 1.47 bits per heavy atom. The van der Waals surface area contributed by atoms with Gasteiger partial charge in [0.05, 0.1) is 18.6 Å². The van der Waals surface area contributed by atoms with Crippen LogP contribution < -0.4 is 15.2 Å². The van der Waals surface area contributed by atoms with E-state index in [2.05, 4.69) is 4.72 Å². The molecule has 0 atom stereocenters. The van der Waals surface area contributed by atoms with Crippen molar-refractivity contribution < 1.29 is 17.9 Å². The minimum Gasteiger partial charge on any atom is -0.496 e. The van der Waals surface area contributed by atoms with Crippen LogP contribution in [0.15, 0.2) is 23.1 Å². The summed E-state index contributed by atoms with van der Waals surface area (Å²) in [7, 11) is -2.21. The van der Waals surface area contributed by atoms with E-state index in [0.29, 0.717) is 11.3 Å². The van der Waals surface area contributed by atoms with E-state index in [0.717, 1.165) is 0 Å². The lowest BCUT2D eigenvalue weighted by Gasteiger charge is -2.08. The number of aryl methyl sites for hydroxylation is 1. The van der Waals surface area contributed by atoms with Gasteiger partial charge in [-0.2, -0.15) is 0 Å². The van der Waals surface area contributed by atoms with E-state index < -0.39 is 22.5 Å². The largest absolute Gasteiger partial charge is 0.496 e. The number of nitrogens with two attached hydrogens (primary N) is 1. The topological polar surface area (TPSA) is 98.5 Å². The number of methoxy groups -OCH3 is 1. The first-order valence-corrected chi connectivity index (χ1v) is 6.28. The molecule has 1 rings (SSSR count). The Bertz CT molecular complexity index is 525. The van der Waals surface area contributed by atoms with Crippen LogP contribution in [0.1, 0.15) is 5.56 Å². The second kappa shape index (κ2) is 5.15. The maximum absolute atomic E-state index is 11.7. The maximum atomic E-state index is 11.7. The summed E-state index contributed by atoms with van der Waals surface area (Å²) in [6, 6.07) is 4.41. The van der Waals surface area contributed by atoms with Gasteiger partial charge in [0.1, 0.15) is 5.75 Å². The van der Waals surface area contributed by atoms with Crippen molar-refractivity contribution in [3.05, 3.63) is 23.8 Å². The lowest BCUT2D eigenvalue weighted by Crippen LogP contribution is -2.33. The molecular weight excluding hydrogens is 244 g/mol. The number of amides is 1. The van der Waals surface area contributed by atoms with Crippen LogP contribution in [0.5, 0.6) is 5.75 Å². The number of ether oxygens (including phenoxy) is 1. The zero-order valence-electron chi connectivity index (χ0n) is 9.56. The van der Waals surface area contributed by atoms with E-state index in [1.165, 1.54) is 19.2 Å². The van der Waals surface area contributed by atoms with Gasteiger partial charge in [0.25, 0.3) is 0 Å². The van der Waals surface area contributed by atoms with Gasteiger partial charge in [-0.3, -0.25) is 4.79 Å². The highest BCUT2D eigenvalue weighted by molar-refractivity contribution is 7.89. The van der Waals surface area contributed by atoms with Gasteiger partial charge in [0, 0.05) is 0 Å². The number of carbonyl (C=O) groups is 1. The predicted molar refractivity (Wildman–Crippen MR) is 62.1 cm³/mol. The summed E-state index contributed by atoms with van der Waals surface area (Å²) >= 11 is 0. The second-order valence-electron chi connectivity index (χ2n) is 3.42. The first-order chi connectivity index (χ1) is 7.86. The molecule has 0 fully saturated rings. The van der Waals surface area contributed by atoms with Crippen LogP contribution in [0.25, 0.3) is 0 Å². The molecule has 0 aliphatic carbocycles. The number of hydrogen-bond donors (Lipinski definition) is 2. The van der Waals surface area contributed by atoms with E-state index >= 15 is 0 Å². The molecule has 0 unspecified atom stereocenters. The van der Waals surface area contributed by atoms with E-state index in [1.54, 1.807) is 13.0 Å². The summed E-state index contributed by atoms with van der Waals surface area (Å²) in [5.41, 5.74) is 5.56. The molecule has 1 aromatic carbocycles. The van der Waals surface area contributed by atoms with Crippen molar-refractivity contribution in [2.24, 2.45) is 5.73 Å². The van der Waals surface area contributed by atoms with Crippen molar-refractivity contribution in [1.82, 2.24) is 4.72 Å². The Labute approximate surface area is 99.8 Å². The van der Waals surface area contributed by atoms with E-state index in [-0.39, 0.29) is 4.90 Å². The molecule has 0 saturated heterocycles. The highest BCUT2D eigenvalue weighted by atomic mass is 32.2. The molecule has 0 heterocycles. The normalized spacial score (nSPS) is 11.2. The SMILES string of the molecule is COc1ccc(S(=O)(=O)NCC(N)=O)cc1C. The fraction of sp³-hybridized carbons (Fsp3) is 0.300. The Hall–Kier alpha value is -1.60. The minimum absolute atomic E-state index is 0.0667. The zero-order chi connectivity index (χ0) is 13.1. The molecule has 6 nitrogen and oxygen atoms in total. The number of rotatable bonds is 5. The Morgan fingerprint density at radius 2 is 2.12 bits per heavy atom. The Balaban J connectivity index is 2.99. The number of sulfonamides is 1. The predicted octanol–water partition coefficient (Wildman–Crippen LogP) is -0.233. The summed E-state index contributed by atoms with van der Waals surface area (Å²) in [5, 5.41) is 0. The molecule has 0 bridgehead atoms. The third-order valence-corrected chi connectivity index (χ3v) is 3.51. The third-order valence-electron chi connectivity index (χ3n) is 2.11. The molecule has 0 aromatic heterocycles. The van der Waals surface area contributed by atoms with E-state index in [1.807, 2.05) is 0 Å². The van der Waals surface area contributed by atoms with Crippen molar-refractivity contribution in [3.8, 4) is 5.75 Å². The van der Waals surface area contributed by atoms with Crippen molar-refractivity contribution in [3.63, 3.8) is 0 Å².